The smallest absolute Gasteiger partial charge is 0.345 e. The van der Waals surface area contributed by atoms with Crippen molar-refractivity contribution in [2.75, 3.05) is 25.0 Å². The van der Waals surface area contributed by atoms with E-state index in [-0.39, 0.29) is 21.2 Å². The Morgan fingerprint density at radius 3 is 2.52 bits per heavy atom. The van der Waals surface area contributed by atoms with Gasteiger partial charge in [-0.25, -0.2) is 13.2 Å². The molecule has 12 heteroatoms. The highest BCUT2D eigenvalue weighted by atomic mass is 35.5. The summed E-state index contributed by atoms with van der Waals surface area (Å²) in [6, 6.07) is 7.87. The van der Waals surface area contributed by atoms with Gasteiger partial charge in [0.2, 0.25) is 10.0 Å². The molecule has 1 saturated heterocycles. The third kappa shape index (κ3) is 5.86. The van der Waals surface area contributed by atoms with Gasteiger partial charge in [0.15, 0.2) is 6.61 Å². The summed E-state index contributed by atoms with van der Waals surface area (Å²) in [6.45, 7) is 1.87. The third-order valence-electron chi connectivity index (χ3n) is 5.15. The van der Waals surface area contributed by atoms with E-state index in [1.54, 1.807) is 13.0 Å². The first-order valence-electron chi connectivity index (χ1n) is 10.1. The van der Waals surface area contributed by atoms with Crippen LogP contribution in [0.5, 0.6) is 0 Å². The van der Waals surface area contributed by atoms with E-state index >= 15 is 0 Å². The first-order chi connectivity index (χ1) is 15.6. The van der Waals surface area contributed by atoms with Gasteiger partial charge in [-0.15, -0.1) is 0 Å². The van der Waals surface area contributed by atoms with E-state index in [2.05, 4.69) is 5.32 Å². The summed E-state index contributed by atoms with van der Waals surface area (Å²) in [4.78, 5) is 35.0. The summed E-state index contributed by atoms with van der Waals surface area (Å²) in [5, 5.41) is 13.7. The maximum atomic E-state index is 12.9. The van der Waals surface area contributed by atoms with E-state index < -0.39 is 39.1 Å². The number of aryl methyl sites for hydroxylation is 1. The van der Waals surface area contributed by atoms with Gasteiger partial charge in [-0.1, -0.05) is 24.1 Å². The number of carbonyl (C=O) groups excluding carboxylic acids is 2. The molecule has 2 aromatic rings. The molecule has 0 radical (unpaired) electrons. The lowest BCUT2D eigenvalue weighted by Crippen LogP contribution is -2.35. The second-order valence-corrected chi connectivity index (χ2v) is 9.86. The molecule has 1 N–H and O–H groups in total. The molecule has 1 heterocycles. The Hall–Kier alpha value is -3.02. The number of amides is 1. The van der Waals surface area contributed by atoms with Crippen LogP contribution in [0.2, 0.25) is 5.02 Å². The standard InChI is InChI=1S/C21H22ClN3O7S/c1-14-5-7-16(33(30,31)24-9-3-2-4-10-24)12-18(14)23-20(26)13-32-21(27)17-8-6-15(22)11-19(17)25(28)29/h5-8,11-12H,2-4,9-10,13H2,1H3,(H,23,26). The molecule has 1 aliphatic heterocycles. The fraction of sp³-hybridized carbons (Fsp3) is 0.333. The number of halogens is 1. The Balaban J connectivity index is 1.69. The molecule has 0 bridgehead atoms. The van der Waals surface area contributed by atoms with Gasteiger partial charge >= 0.3 is 5.97 Å². The third-order valence-corrected chi connectivity index (χ3v) is 7.28. The monoisotopic (exact) mass is 495 g/mol. The molecule has 0 aromatic heterocycles. The predicted octanol–water partition coefficient (Wildman–Crippen LogP) is 3.53. The number of hydrogen-bond donors (Lipinski definition) is 1. The summed E-state index contributed by atoms with van der Waals surface area (Å²) in [5.74, 6) is -1.79. The molecule has 0 atom stereocenters. The van der Waals surface area contributed by atoms with Crippen LogP contribution in [0.15, 0.2) is 41.3 Å². The number of piperidine rings is 1. The van der Waals surface area contributed by atoms with Crippen LogP contribution in [-0.2, 0) is 19.6 Å². The van der Waals surface area contributed by atoms with Crippen LogP contribution in [0.25, 0.3) is 0 Å². The lowest BCUT2D eigenvalue weighted by atomic mass is 10.2. The quantitative estimate of drug-likeness (QED) is 0.352. The van der Waals surface area contributed by atoms with E-state index in [4.69, 9.17) is 16.3 Å². The minimum absolute atomic E-state index is 0.0547. The number of ether oxygens (including phenoxy) is 1. The number of anilines is 1. The Labute approximate surface area is 195 Å². The Bertz CT molecular complexity index is 1190. The zero-order chi connectivity index (χ0) is 24.2. The number of rotatable bonds is 7. The van der Waals surface area contributed by atoms with Gasteiger partial charge in [-0.3, -0.25) is 14.9 Å². The van der Waals surface area contributed by atoms with E-state index in [1.165, 1.54) is 22.5 Å². The Kier molecular flexibility index (Phi) is 7.67. The highest BCUT2D eigenvalue weighted by Gasteiger charge is 2.27. The van der Waals surface area contributed by atoms with Gasteiger partial charge in [-0.05, 0) is 49.6 Å². The van der Waals surface area contributed by atoms with Gasteiger partial charge in [0.25, 0.3) is 11.6 Å². The van der Waals surface area contributed by atoms with Gasteiger partial charge < -0.3 is 10.1 Å². The van der Waals surface area contributed by atoms with Crippen molar-refractivity contribution in [1.82, 2.24) is 4.31 Å². The minimum atomic E-state index is -3.69. The van der Waals surface area contributed by atoms with Crippen molar-refractivity contribution in [3.63, 3.8) is 0 Å². The van der Waals surface area contributed by atoms with Crippen molar-refractivity contribution in [3.8, 4) is 0 Å². The summed E-state index contributed by atoms with van der Waals surface area (Å²) >= 11 is 5.73. The molecule has 1 aliphatic rings. The SMILES string of the molecule is Cc1ccc(S(=O)(=O)N2CCCCC2)cc1NC(=O)COC(=O)c1ccc(Cl)cc1[N+](=O)[O-]. The second kappa shape index (κ2) is 10.3. The fourth-order valence-electron chi connectivity index (χ4n) is 3.37. The lowest BCUT2D eigenvalue weighted by Gasteiger charge is -2.26. The maximum Gasteiger partial charge on any atom is 0.345 e. The number of nitrogens with one attached hydrogen (secondary N) is 1. The summed E-state index contributed by atoms with van der Waals surface area (Å²) in [5.41, 5.74) is -0.0189. The summed E-state index contributed by atoms with van der Waals surface area (Å²) in [6.07, 6.45) is 2.58. The second-order valence-electron chi connectivity index (χ2n) is 7.48. The van der Waals surface area contributed by atoms with Crippen LogP contribution < -0.4 is 5.32 Å². The molecule has 0 aliphatic carbocycles. The first kappa shape index (κ1) is 24.6. The van der Waals surface area contributed by atoms with Crippen molar-refractivity contribution >= 4 is 44.9 Å². The molecule has 0 unspecified atom stereocenters. The van der Waals surface area contributed by atoms with E-state index in [0.717, 1.165) is 31.4 Å². The Morgan fingerprint density at radius 1 is 1.15 bits per heavy atom. The van der Waals surface area contributed by atoms with Crippen LogP contribution in [0.1, 0.15) is 35.2 Å². The van der Waals surface area contributed by atoms with Crippen molar-refractivity contribution in [3.05, 3.63) is 62.7 Å². The van der Waals surface area contributed by atoms with Crippen LogP contribution in [0, 0.1) is 17.0 Å². The van der Waals surface area contributed by atoms with E-state index in [9.17, 15) is 28.1 Å². The van der Waals surface area contributed by atoms with Crippen LogP contribution >= 0.6 is 11.6 Å². The zero-order valence-corrected chi connectivity index (χ0v) is 19.3. The average Bonchev–Trinajstić information content (AvgIpc) is 2.79. The van der Waals surface area contributed by atoms with Gasteiger partial charge in [-0.2, -0.15) is 4.31 Å². The summed E-state index contributed by atoms with van der Waals surface area (Å²) < 4.78 is 32.1. The van der Waals surface area contributed by atoms with Crippen LogP contribution in [0.4, 0.5) is 11.4 Å². The number of sulfonamides is 1. The Morgan fingerprint density at radius 2 is 1.85 bits per heavy atom. The average molecular weight is 496 g/mol. The normalized spacial score (nSPS) is 14.5. The molecule has 0 saturated carbocycles. The molecule has 1 fully saturated rings. The van der Waals surface area contributed by atoms with Crippen LogP contribution in [0.3, 0.4) is 0 Å². The number of nitro groups is 1. The molecule has 2 aromatic carbocycles. The highest BCUT2D eigenvalue weighted by molar-refractivity contribution is 7.89. The molecule has 0 spiro atoms. The molecule has 10 nitrogen and oxygen atoms in total. The van der Waals surface area contributed by atoms with Crippen molar-refractivity contribution in [2.24, 2.45) is 0 Å². The maximum absolute atomic E-state index is 12.9. The van der Waals surface area contributed by atoms with Crippen molar-refractivity contribution in [1.29, 1.82) is 0 Å². The lowest BCUT2D eigenvalue weighted by molar-refractivity contribution is -0.385. The van der Waals surface area contributed by atoms with Crippen molar-refractivity contribution < 1.29 is 27.7 Å². The molecular weight excluding hydrogens is 474 g/mol. The zero-order valence-electron chi connectivity index (χ0n) is 17.7. The number of hydrogen-bond acceptors (Lipinski definition) is 7. The minimum Gasteiger partial charge on any atom is -0.452 e. The number of carbonyl (C=O) groups is 2. The summed E-state index contributed by atoms with van der Waals surface area (Å²) in [7, 11) is -3.69. The van der Waals surface area contributed by atoms with Crippen LogP contribution in [-0.4, -0.2) is 49.2 Å². The first-order valence-corrected chi connectivity index (χ1v) is 11.9. The van der Waals surface area contributed by atoms with Gasteiger partial charge in [0.05, 0.1) is 9.82 Å². The van der Waals surface area contributed by atoms with E-state index in [0.29, 0.717) is 18.7 Å². The highest BCUT2D eigenvalue weighted by Crippen LogP contribution is 2.26. The fourth-order valence-corrected chi connectivity index (χ4v) is 5.08. The number of esters is 1. The van der Waals surface area contributed by atoms with Gasteiger partial charge in [0, 0.05) is 29.9 Å². The largest absolute Gasteiger partial charge is 0.452 e. The molecular formula is C21H22ClN3O7S. The van der Waals surface area contributed by atoms with E-state index in [1.807, 2.05) is 0 Å². The number of nitrogens with zero attached hydrogens (tertiary/aromatic N) is 2. The molecule has 176 valence electrons. The van der Waals surface area contributed by atoms with Gasteiger partial charge in [0.1, 0.15) is 5.56 Å². The molecule has 1 amide bonds. The topological polar surface area (TPSA) is 136 Å². The number of benzene rings is 2. The predicted molar refractivity (Wildman–Crippen MR) is 121 cm³/mol. The molecule has 3 rings (SSSR count). The number of nitro benzene ring substituents is 1. The van der Waals surface area contributed by atoms with Crippen molar-refractivity contribution in [2.45, 2.75) is 31.1 Å². The molecule has 33 heavy (non-hydrogen) atoms.